The highest BCUT2D eigenvalue weighted by atomic mass is 16.5. The Hall–Kier alpha value is -0.610. The molecule has 0 bridgehead atoms. The van der Waals surface area contributed by atoms with Crippen molar-refractivity contribution in [3.63, 3.8) is 0 Å². The van der Waals surface area contributed by atoms with Crippen molar-refractivity contribution in [1.29, 1.82) is 0 Å². The molecule has 78 valence electrons. The summed E-state index contributed by atoms with van der Waals surface area (Å²) in [5, 5.41) is 12.0. The minimum Gasteiger partial charge on any atom is -0.469 e. The molecule has 0 aromatic carbocycles. The van der Waals surface area contributed by atoms with Crippen molar-refractivity contribution in [3.05, 3.63) is 0 Å². The molecule has 0 saturated carbocycles. The molecule has 0 aliphatic heterocycles. The van der Waals surface area contributed by atoms with Gasteiger partial charge in [-0.05, 0) is 26.8 Å². The summed E-state index contributed by atoms with van der Waals surface area (Å²) < 4.78 is 4.49. The molecule has 4 nitrogen and oxygen atoms in total. The van der Waals surface area contributed by atoms with Crippen LogP contribution in [0.25, 0.3) is 0 Å². The number of esters is 1. The van der Waals surface area contributed by atoms with Crippen molar-refractivity contribution >= 4 is 5.97 Å². The Kier molecular flexibility index (Phi) is 5.66. The molecule has 0 aromatic rings. The third-order valence-corrected chi connectivity index (χ3v) is 1.78. The summed E-state index contributed by atoms with van der Waals surface area (Å²) >= 11 is 0. The lowest BCUT2D eigenvalue weighted by molar-refractivity contribution is -0.140. The summed E-state index contributed by atoms with van der Waals surface area (Å²) in [6.07, 6.45) is 1.15. The van der Waals surface area contributed by atoms with Gasteiger partial charge in [-0.3, -0.25) is 4.79 Å². The van der Waals surface area contributed by atoms with E-state index in [4.69, 9.17) is 5.11 Å². The second-order valence-electron chi connectivity index (χ2n) is 3.65. The van der Waals surface area contributed by atoms with E-state index in [2.05, 4.69) is 10.1 Å². The number of hydrogen-bond acceptors (Lipinski definition) is 4. The number of carbonyl (C=O) groups is 1. The van der Waals surface area contributed by atoms with Crippen LogP contribution < -0.4 is 5.32 Å². The van der Waals surface area contributed by atoms with Gasteiger partial charge in [0.05, 0.1) is 13.7 Å². The van der Waals surface area contributed by atoms with Gasteiger partial charge in [0.25, 0.3) is 0 Å². The van der Waals surface area contributed by atoms with Crippen molar-refractivity contribution in [2.75, 3.05) is 20.3 Å². The van der Waals surface area contributed by atoms with Crippen molar-refractivity contribution in [1.82, 2.24) is 5.32 Å². The number of aliphatic hydroxyl groups is 1. The summed E-state index contributed by atoms with van der Waals surface area (Å²) in [5.74, 6) is -0.191. The molecule has 0 aliphatic rings. The number of rotatable bonds is 6. The molecule has 0 atom stereocenters. The Morgan fingerprint density at radius 2 is 2.15 bits per heavy atom. The first kappa shape index (κ1) is 12.4. The van der Waals surface area contributed by atoms with Gasteiger partial charge < -0.3 is 15.2 Å². The van der Waals surface area contributed by atoms with Gasteiger partial charge >= 0.3 is 5.97 Å². The van der Waals surface area contributed by atoms with Gasteiger partial charge in [0.15, 0.2) is 0 Å². The minimum atomic E-state index is -0.268. The van der Waals surface area contributed by atoms with E-state index in [1.54, 1.807) is 0 Å². The third-order valence-electron chi connectivity index (χ3n) is 1.78. The largest absolute Gasteiger partial charge is 0.469 e. The molecule has 4 heteroatoms. The van der Waals surface area contributed by atoms with Crippen LogP contribution in [0.2, 0.25) is 0 Å². The molecule has 0 fully saturated rings. The lowest BCUT2D eigenvalue weighted by atomic mass is 10.1. The van der Waals surface area contributed by atoms with Crippen LogP contribution in [0.5, 0.6) is 0 Å². The fourth-order valence-corrected chi connectivity index (χ4v) is 0.817. The Balaban J connectivity index is 3.41. The van der Waals surface area contributed by atoms with Gasteiger partial charge in [0.2, 0.25) is 0 Å². The molecule has 0 spiro atoms. The van der Waals surface area contributed by atoms with Gasteiger partial charge in [-0.15, -0.1) is 0 Å². The van der Waals surface area contributed by atoms with E-state index >= 15 is 0 Å². The summed E-state index contributed by atoms with van der Waals surface area (Å²) in [5.41, 5.74) is -0.268. The Labute approximate surface area is 79.3 Å². The van der Waals surface area contributed by atoms with E-state index in [1.165, 1.54) is 7.11 Å². The van der Waals surface area contributed by atoms with Crippen molar-refractivity contribution in [3.8, 4) is 0 Å². The van der Waals surface area contributed by atoms with E-state index in [0.717, 1.165) is 6.42 Å². The molecular formula is C9H19NO3. The Morgan fingerprint density at radius 3 is 2.62 bits per heavy atom. The molecular weight excluding hydrogens is 170 g/mol. The fourth-order valence-electron chi connectivity index (χ4n) is 0.817. The van der Waals surface area contributed by atoms with Crippen molar-refractivity contribution < 1.29 is 14.6 Å². The van der Waals surface area contributed by atoms with Crippen LogP contribution in [0.15, 0.2) is 0 Å². The maximum Gasteiger partial charge on any atom is 0.305 e. The third kappa shape index (κ3) is 6.54. The first-order valence-corrected chi connectivity index (χ1v) is 4.44. The van der Waals surface area contributed by atoms with E-state index in [1.807, 2.05) is 13.8 Å². The topological polar surface area (TPSA) is 58.6 Å². The number of aliphatic hydroxyl groups excluding tert-OH is 1. The van der Waals surface area contributed by atoms with Crippen LogP contribution in [-0.4, -0.2) is 36.9 Å². The van der Waals surface area contributed by atoms with E-state index < -0.39 is 0 Å². The fraction of sp³-hybridized carbons (Fsp3) is 0.889. The highest BCUT2D eigenvalue weighted by Gasteiger charge is 2.14. The lowest BCUT2D eigenvalue weighted by Gasteiger charge is -2.23. The highest BCUT2D eigenvalue weighted by molar-refractivity contribution is 5.69. The second kappa shape index (κ2) is 5.94. The molecule has 0 amide bonds. The molecule has 0 heterocycles. The first-order valence-electron chi connectivity index (χ1n) is 4.44. The van der Waals surface area contributed by atoms with Crippen LogP contribution in [0, 0.1) is 0 Å². The molecule has 0 aliphatic carbocycles. The quantitative estimate of drug-likeness (QED) is 0.466. The van der Waals surface area contributed by atoms with Gasteiger partial charge in [-0.2, -0.15) is 0 Å². The van der Waals surface area contributed by atoms with E-state index in [0.29, 0.717) is 13.0 Å². The number of carbonyl (C=O) groups excluding carboxylic acids is 1. The molecule has 0 aromatic heterocycles. The first-order chi connectivity index (χ1) is 6.02. The summed E-state index contributed by atoms with van der Waals surface area (Å²) in [6, 6.07) is 0. The smallest absolute Gasteiger partial charge is 0.305 e. The summed E-state index contributed by atoms with van der Waals surface area (Å²) in [6.45, 7) is 4.62. The zero-order chi connectivity index (χ0) is 10.3. The van der Waals surface area contributed by atoms with Crippen LogP contribution >= 0.6 is 0 Å². The number of hydrogen-bond donors (Lipinski definition) is 2. The van der Waals surface area contributed by atoms with Gasteiger partial charge in [0, 0.05) is 12.0 Å². The Bertz CT molecular complexity index is 157. The van der Waals surface area contributed by atoms with Crippen LogP contribution in [0.1, 0.15) is 26.7 Å². The molecule has 13 heavy (non-hydrogen) atoms. The maximum atomic E-state index is 10.7. The highest BCUT2D eigenvalue weighted by Crippen LogP contribution is 2.00. The van der Waals surface area contributed by atoms with E-state index in [9.17, 15) is 4.79 Å². The zero-order valence-electron chi connectivity index (χ0n) is 8.59. The summed E-state index contributed by atoms with van der Waals surface area (Å²) in [7, 11) is 1.38. The van der Waals surface area contributed by atoms with Crippen LogP contribution in [-0.2, 0) is 9.53 Å². The SMILES string of the molecule is COC(=O)CCCNC(C)(C)CO. The minimum absolute atomic E-state index is 0.0885. The van der Waals surface area contributed by atoms with Crippen LogP contribution in [0.4, 0.5) is 0 Å². The lowest BCUT2D eigenvalue weighted by Crippen LogP contribution is -2.43. The molecule has 0 saturated heterocycles. The standard InChI is InChI=1S/C9H19NO3/c1-9(2,7-11)10-6-4-5-8(12)13-3/h10-11H,4-7H2,1-3H3. The average Bonchev–Trinajstić information content (AvgIpc) is 2.12. The number of nitrogens with one attached hydrogen (secondary N) is 1. The molecule has 2 N–H and O–H groups in total. The van der Waals surface area contributed by atoms with Gasteiger partial charge in [0.1, 0.15) is 0 Å². The van der Waals surface area contributed by atoms with Crippen molar-refractivity contribution in [2.24, 2.45) is 0 Å². The zero-order valence-corrected chi connectivity index (χ0v) is 8.59. The maximum absolute atomic E-state index is 10.7. The van der Waals surface area contributed by atoms with Gasteiger partial charge in [-0.25, -0.2) is 0 Å². The van der Waals surface area contributed by atoms with E-state index in [-0.39, 0.29) is 18.1 Å². The van der Waals surface area contributed by atoms with Crippen molar-refractivity contribution in [2.45, 2.75) is 32.2 Å². The average molecular weight is 189 g/mol. The predicted octanol–water partition coefficient (Wildman–Crippen LogP) is 0.300. The normalized spacial score (nSPS) is 11.4. The molecule has 0 unspecified atom stereocenters. The van der Waals surface area contributed by atoms with Crippen LogP contribution in [0.3, 0.4) is 0 Å². The predicted molar refractivity (Wildman–Crippen MR) is 50.4 cm³/mol. The Morgan fingerprint density at radius 1 is 1.54 bits per heavy atom. The molecule has 0 rings (SSSR count). The second-order valence-corrected chi connectivity index (χ2v) is 3.65. The molecule has 0 radical (unpaired) electrons. The number of ether oxygens (including phenoxy) is 1. The monoisotopic (exact) mass is 189 g/mol. The summed E-state index contributed by atoms with van der Waals surface area (Å²) in [4.78, 5) is 10.7. The van der Waals surface area contributed by atoms with Gasteiger partial charge in [-0.1, -0.05) is 0 Å². The number of methoxy groups -OCH3 is 1.